The molecule has 2 aromatic carbocycles. The maximum atomic E-state index is 12.2. The number of thiocarbonyl (C=S) groups is 1. The van der Waals surface area contributed by atoms with Crippen LogP contribution in [0.2, 0.25) is 0 Å². The number of nitrogens with zero attached hydrogens (tertiary/aromatic N) is 1. The van der Waals surface area contributed by atoms with Crippen LogP contribution in [0.1, 0.15) is 18.9 Å². The maximum Gasteiger partial charge on any atom is 0.255 e. The van der Waals surface area contributed by atoms with Crippen molar-refractivity contribution in [2.75, 3.05) is 5.06 Å². The van der Waals surface area contributed by atoms with Crippen LogP contribution in [0.5, 0.6) is 0 Å². The summed E-state index contributed by atoms with van der Waals surface area (Å²) < 4.78 is 0. The lowest BCUT2D eigenvalue weighted by atomic mass is 10.2. The third-order valence-electron chi connectivity index (χ3n) is 3.47. The molecule has 1 aliphatic heterocycles. The molecule has 1 atom stereocenters. The zero-order valence-electron chi connectivity index (χ0n) is 12.7. The fourth-order valence-corrected chi connectivity index (χ4v) is 2.51. The SMILES string of the molecule is C[C@@]1(NNC(=S)c2ccccc2)CC(=O)N(c2ccccc2)O1. The highest BCUT2D eigenvalue weighted by Gasteiger charge is 2.42. The van der Waals surface area contributed by atoms with Gasteiger partial charge in [-0.1, -0.05) is 60.7 Å². The summed E-state index contributed by atoms with van der Waals surface area (Å²) in [6.45, 7) is 1.80. The third-order valence-corrected chi connectivity index (χ3v) is 3.81. The third kappa shape index (κ3) is 3.56. The average molecular weight is 327 g/mol. The monoisotopic (exact) mass is 327 g/mol. The molecule has 1 heterocycles. The number of nitrogens with one attached hydrogen (secondary N) is 2. The number of carbonyl (C=O) groups excluding carboxylic acids is 1. The molecule has 2 N–H and O–H groups in total. The first kappa shape index (κ1) is 15.6. The van der Waals surface area contributed by atoms with Gasteiger partial charge in [0.05, 0.1) is 12.1 Å². The fraction of sp³-hybridized carbons (Fsp3) is 0.176. The molecule has 5 nitrogen and oxygen atoms in total. The van der Waals surface area contributed by atoms with Crippen LogP contribution in [-0.2, 0) is 9.63 Å². The van der Waals surface area contributed by atoms with Gasteiger partial charge in [-0.25, -0.2) is 10.3 Å². The first-order valence-electron chi connectivity index (χ1n) is 7.27. The predicted octanol–water partition coefficient (Wildman–Crippen LogP) is 2.54. The summed E-state index contributed by atoms with van der Waals surface area (Å²) in [4.78, 5) is 18.5. The van der Waals surface area contributed by atoms with Gasteiger partial charge in [-0.15, -0.1) is 0 Å². The minimum atomic E-state index is -0.869. The second-order valence-corrected chi connectivity index (χ2v) is 5.88. The summed E-state index contributed by atoms with van der Waals surface area (Å²) in [5.41, 5.74) is 6.69. The van der Waals surface area contributed by atoms with E-state index in [0.717, 1.165) is 5.56 Å². The number of carbonyl (C=O) groups is 1. The number of rotatable bonds is 4. The molecule has 1 fully saturated rings. The summed E-state index contributed by atoms with van der Waals surface area (Å²) in [7, 11) is 0. The second kappa shape index (κ2) is 6.45. The van der Waals surface area contributed by atoms with E-state index in [1.54, 1.807) is 6.92 Å². The van der Waals surface area contributed by atoms with Gasteiger partial charge in [0.1, 0.15) is 4.99 Å². The van der Waals surface area contributed by atoms with Gasteiger partial charge in [0.2, 0.25) is 0 Å². The van der Waals surface area contributed by atoms with Gasteiger partial charge in [0, 0.05) is 5.56 Å². The topological polar surface area (TPSA) is 53.6 Å². The zero-order valence-corrected chi connectivity index (χ0v) is 13.5. The minimum absolute atomic E-state index is 0.112. The number of hydrogen-bond acceptors (Lipinski definition) is 4. The highest BCUT2D eigenvalue weighted by molar-refractivity contribution is 7.80. The minimum Gasteiger partial charge on any atom is -0.309 e. The van der Waals surface area contributed by atoms with Crippen molar-refractivity contribution < 1.29 is 9.63 Å². The van der Waals surface area contributed by atoms with E-state index in [0.29, 0.717) is 10.7 Å². The Bertz CT molecular complexity index is 708. The molecule has 118 valence electrons. The quantitative estimate of drug-likeness (QED) is 0.668. The fourth-order valence-electron chi connectivity index (χ4n) is 2.32. The van der Waals surface area contributed by atoms with Crippen molar-refractivity contribution in [2.45, 2.75) is 19.1 Å². The zero-order chi connectivity index (χ0) is 16.3. The molecule has 0 bridgehead atoms. The second-order valence-electron chi connectivity index (χ2n) is 5.47. The van der Waals surface area contributed by atoms with Crippen molar-refractivity contribution in [1.29, 1.82) is 0 Å². The van der Waals surface area contributed by atoms with Crippen molar-refractivity contribution >= 4 is 28.8 Å². The van der Waals surface area contributed by atoms with E-state index in [4.69, 9.17) is 17.1 Å². The summed E-state index contributed by atoms with van der Waals surface area (Å²) in [6, 6.07) is 18.8. The van der Waals surface area contributed by atoms with Crippen LogP contribution in [0.3, 0.4) is 0 Å². The van der Waals surface area contributed by atoms with Gasteiger partial charge >= 0.3 is 0 Å². The molecule has 0 radical (unpaired) electrons. The van der Waals surface area contributed by atoms with E-state index in [1.165, 1.54) is 5.06 Å². The van der Waals surface area contributed by atoms with Crippen molar-refractivity contribution in [3.05, 3.63) is 66.2 Å². The molecule has 0 aromatic heterocycles. The van der Waals surface area contributed by atoms with Gasteiger partial charge in [-0.2, -0.15) is 5.06 Å². The Labute approximate surface area is 140 Å². The first-order chi connectivity index (χ1) is 11.1. The van der Waals surface area contributed by atoms with Gasteiger partial charge < -0.3 is 5.43 Å². The van der Waals surface area contributed by atoms with Crippen molar-refractivity contribution in [3.8, 4) is 0 Å². The van der Waals surface area contributed by atoms with Crippen LogP contribution in [0, 0.1) is 0 Å². The standard InChI is InChI=1S/C17H17N3O2S/c1-17(19-18-16(23)13-8-4-2-5-9-13)12-15(21)20(22-17)14-10-6-3-7-11-14/h2-11,19H,12H2,1H3,(H,18,23)/t17-/m0/s1. The maximum absolute atomic E-state index is 12.2. The summed E-state index contributed by atoms with van der Waals surface area (Å²) in [5.74, 6) is -0.112. The summed E-state index contributed by atoms with van der Waals surface area (Å²) >= 11 is 5.33. The molecule has 0 unspecified atom stereocenters. The van der Waals surface area contributed by atoms with E-state index >= 15 is 0 Å². The molecular formula is C17H17N3O2S. The van der Waals surface area contributed by atoms with Crippen LogP contribution in [0.25, 0.3) is 0 Å². The Morgan fingerprint density at radius 2 is 1.74 bits per heavy atom. The predicted molar refractivity (Wildman–Crippen MR) is 92.4 cm³/mol. The Kier molecular flexibility index (Phi) is 4.38. The van der Waals surface area contributed by atoms with E-state index in [1.807, 2.05) is 60.7 Å². The molecule has 6 heteroatoms. The molecule has 0 aliphatic carbocycles. The average Bonchev–Trinajstić information content (AvgIpc) is 2.89. The Morgan fingerprint density at radius 1 is 1.13 bits per heavy atom. The molecule has 0 spiro atoms. The summed E-state index contributed by atoms with van der Waals surface area (Å²) in [6.07, 6.45) is 0.201. The van der Waals surface area contributed by atoms with Crippen LogP contribution in [0.15, 0.2) is 60.7 Å². The van der Waals surface area contributed by atoms with E-state index in [2.05, 4.69) is 10.9 Å². The van der Waals surface area contributed by atoms with Crippen LogP contribution < -0.4 is 15.9 Å². The Morgan fingerprint density at radius 3 is 2.39 bits per heavy atom. The highest BCUT2D eigenvalue weighted by atomic mass is 32.1. The molecule has 23 heavy (non-hydrogen) atoms. The number of amides is 1. The van der Waals surface area contributed by atoms with Crippen molar-refractivity contribution in [3.63, 3.8) is 0 Å². The first-order valence-corrected chi connectivity index (χ1v) is 7.68. The summed E-state index contributed by atoms with van der Waals surface area (Å²) in [5, 5.41) is 1.31. The van der Waals surface area contributed by atoms with E-state index < -0.39 is 5.72 Å². The molecule has 1 amide bonds. The molecule has 2 aromatic rings. The number of hydrazine groups is 1. The number of benzene rings is 2. The number of hydrogen-bond donors (Lipinski definition) is 2. The van der Waals surface area contributed by atoms with Gasteiger partial charge in [-0.3, -0.25) is 4.79 Å². The lowest BCUT2D eigenvalue weighted by Crippen LogP contribution is -2.52. The number of anilines is 1. The largest absolute Gasteiger partial charge is 0.309 e. The smallest absolute Gasteiger partial charge is 0.255 e. The van der Waals surface area contributed by atoms with E-state index in [-0.39, 0.29) is 12.3 Å². The van der Waals surface area contributed by atoms with Crippen molar-refractivity contribution in [2.24, 2.45) is 0 Å². The van der Waals surface area contributed by atoms with Crippen molar-refractivity contribution in [1.82, 2.24) is 10.9 Å². The lowest BCUT2D eigenvalue weighted by molar-refractivity contribution is -0.119. The number of hydroxylamine groups is 1. The molecule has 3 rings (SSSR count). The normalized spacial score (nSPS) is 20.6. The Hall–Kier alpha value is -2.28. The van der Waals surface area contributed by atoms with Crippen LogP contribution in [0.4, 0.5) is 5.69 Å². The molecule has 1 saturated heterocycles. The molecule has 0 saturated carbocycles. The lowest BCUT2D eigenvalue weighted by Gasteiger charge is -2.26. The molecule has 1 aliphatic rings. The highest BCUT2D eigenvalue weighted by Crippen LogP contribution is 2.28. The number of para-hydroxylation sites is 1. The Balaban J connectivity index is 1.64. The van der Waals surface area contributed by atoms with E-state index in [9.17, 15) is 4.79 Å². The van der Waals surface area contributed by atoms with Gasteiger partial charge in [0.25, 0.3) is 5.91 Å². The van der Waals surface area contributed by atoms with Crippen LogP contribution >= 0.6 is 12.2 Å². The molecular weight excluding hydrogens is 310 g/mol. The van der Waals surface area contributed by atoms with Gasteiger partial charge in [0.15, 0.2) is 5.72 Å². The van der Waals surface area contributed by atoms with Gasteiger partial charge in [-0.05, 0) is 19.1 Å². The van der Waals surface area contributed by atoms with Crippen LogP contribution in [-0.4, -0.2) is 16.6 Å².